The predicted molar refractivity (Wildman–Crippen MR) is 107 cm³/mol. The average molecular weight is 349 g/mol. The highest BCUT2D eigenvalue weighted by Crippen LogP contribution is 2.27. The largest absolute Gasteiger partial charge is 0.366 e. The Morgan fingerprint density at radius 1 is 1.08 bits per heavy atom. The van der Waals surface area contributed by atoms with Crippen LogP contribution < -0.4 is 10.6 Å². The molecule has 0 amide bonds. The van der Waals surface area contributed by atoms with E-state index >= 15 is 0 Å². The molecule has 4 heteroatoms. The summed E-state index contributed by atoms with van der Waals surface area (Å²) in [5, 5.41) is 6.50. The van der Waals surface area contributed by atoms with Gasteiger partial charge in [0.2, 0.25) is 0 Å². The molecule has 0 unspecified atom stereocenters. The molecule has 2 heterocycles. The van der Waals surface area contributed by atoms with Gasteiger partial charge in [0.15, 0.2) is 5.78 Å². The Bertz CT molecular complexity index is 759. The SMILES string of the molecule is O=C(CCN1CCC[C@@H](Cc2ccccc2)C1)c1ccc2c(c1)NCN2. The van der Waals surface area contributed by atoms with Gasteiger partial charge < -0.3 is 15.5 Å². The first-order valence-electron chi connectivity index (χ1n) is 9.69. The standard InChI is InChI=1S/C22H27N3O/c26-22(19-8-9-20-21(14-19)24-16-23-20)10-12-25-11-4-7-18(15-25)13-17-5-2-1-3-6-17/h1-3,5-6,8-9,14,18,23-24H,4,7,10-13,15-16H2/t18-/m0/s1. The third-order valence-electron chi connectivity index (χ3n) is 5.52. The number of carbonyl (C=O) groups excluding carboxylic acids is 1. The van der Waals surface area contributed by atoms with Gasteiger partial charge in [-0.25, -0.2) is 0 Å². The molecule has 2 N–H and O–H groups in total. The maximum Gasteiger partial charge on any atom is 0.164 e. The van der Waals surface area contributed by atoms with Crippen LogP contribution in [0.1, 0.15) is 35.2 Å². The maximum atomic E-state index is 12.6. The highest BCUT2D eigenvalue weighted by molar-refractivity contribution is 5.98. The number of nitrogens with zero attached hydrogens (tertiary/aromatic N) is 1. The molecule has 2 aliphatic rings. The Kier molecular flexibility index (Phi) is 5.21. The quantitative estimate of drug-likeness (QED) is 0.774. The Morgan fingerprint density at radius 3 is 2.81 bits per heavy atom. The minimum Gasteiger partial charge on any atom is -0.366 e. The number of hydrogen-bond acceptors (Lipinski definition) is 4. The van der Waals surface area contributed by atoms with E-state index in [1.165, 1.54) is 18.4 Å². The van der Waals surface area contributed by atoms with E-state index < -0.39 is 0 Å². The number of fused-ring (bicyclic) bond motifs is 1. The summed E-state index contributed by atoms with van der Waals surface area (Å²) in [7, 11) is 0. The topological polar surface area (TPSA) is 44.4 Å². The highest BCUT2D eigenvalue weighted by Gasteiger charge is 2.21. The van der Waals surface area contributed by atoms with Crippen molar-refractivity contribution in [1.29, 1.82) is 0 Å². The van der Waals surface area contributed by atoms with Crippen molar-refractivity contribution >= 4 is 17.2 Å². The Balaban J connectivity index is 1.29. The molecule has 136 valence electrons. The van der Waals surface area contributed by atoms with Gasteiger partial charge >= 0.3 is 0 Å². The number of Topliss-reactive ketones (excluding diaryl/α,β-unsaturated/α-hetero) is 1. The average Bonchev–Trinajstić information content (AvgIpc) is 3.15. The fourth-order valence-electron chi connectivity index (χ4n) is 4.13. The number of piperidine rings is 1. The highest BCUT2D eigenvalue weighted by atomic mass is 16.1. The van der Waals surface area contributed by atoms with Crippen LogP contribution in [0.25, 0.3) is 0 Å². The molecule has 1 saturated heterocycles. The molecule has 2 aromatic rings. The molecule has 0 aliphatic carbocycles. The second-order valence-corrected chi connectivity index (χ2v) is 7.46. The summed E-state index contributed by atoms with van der Waals surface area (Å²) in [6.45, 7) is 3.84. The molecule has 2 aliphatic heterocycles. The number of nitrogens with one attached hydrogen (secondary N) is 2. The van der Waals surface area contributed by atoms with E-state index in [0.29, 0.717) is 12.3 Å². The number of rotatable bonds is 6. The zero-order valence-electron chi connectivity index (χ0n) is 15.2. The first-order chi connectivity index (χ1) is 12.8. The van der Waals surface area contributed by atoms with Gasteiger partial charge in [0, 0.05) is 25.1 Å². The predicted octanol–water partition coefficient (Wildman–Crippen LogP) is 4.01. The molecule has 1 fully saturated rings. The molecule has 4 nitrogen and oxygen atoms in total. The van der Waals surface area contributed by atoms with Crippen LogP contribution in [0.3, 0.4) is 0 Å². The molecular weight excluding hydrogens is 322 g/mol. The smallest absolute Gasteiger partial charge is 0.164 e. The van der Waals surface area contributed by atoms with Crippen LogP contribution in [0.2, 0.25) is 0 Å². The third kappa shape index (κ3) is 4.07. The Hall–Kier alpha value is -2.33. The number of benzene rings is 2. The van der Waals surface area contributed by atoms with Crippen molar-refractivity contribution in [3.8, 4) is 0 Å². The molecule has 0 saturated carbocycles. The van der Waals surface area contributed by atoms with Gasteiger partial charge in [-0.2, -0.15) is 0 Å². The molecule has 1 atom stereocenters. The van der Waals surface area contributed by atoms with E-state index in [9.17, 15) is 4.79 Å². The van der Waals surface area contributed by atoms with Crippen LogP contribution in [0.4, 0.5) is 11.4 Å². The summed E-state index contributed by atoms with van der Waals surface area (Å²) in [4.78, 5) is 15.1. The number of ketones is 1. The first kappa shape index (κ1) is 17.1. The second kappa shape index (κ2) is 7.92. The van der Waals surface area contributed by atoms with Crippen LogP contribution >= 0.6 is 0 Å². The molecule has 0 spiro atoms. The van der Waals surface area contributed by atoms with Crippen molar-refractivity contribution in [1.82, 2.24) is 4.90 Å². The van der Waals surface area contributed by atoms with E-state index in [1.807, 2.05) is 18.2 Å². The monoisotopic (exact) mass is 349 g/mol. The summed E-state index contributed by atoms with van der Waals surface area (Å²) >= 11 is 0. The van der Waals surface area contributed by atoms with Gasteiger partial charge in [-0.1, -0.05) is 30.3 Å². The Labute approximate surface area is 155 Å². The van der Waals surface area contributed by atoms with Gasteiger partial charge in [0.05, 0.1) is 18.0 Å². The van der Waals surface area contributed by atoms with Crippen molar-refractivity contribution in [2.45, 2.75) is 25.7 Å². The molecule has 0 aromatic heterocycles. The van der Waals surface area contributed by atoms with E-state index in [4.69, 9.17) is 0 Å². The lowest BCUT2D eigenvalue weighted by atomic mass is 9.91. The van der Waals surface area contributed by atoms with Crippen LogP contribution in [0, 0.1) is 5.92 Å². The zero-order chi connectivity index (χ0) is 17.8. The number of hydrogen-bond donors (Lipinski definition) is 2. The van der Waals surface area contributed by atoms with Crippen molar-refractivity contribution < 1.29 is 4.79 Å². The van der Waals surface area contributed by atoms with Gasteiger partial charge in [-0.15, -0.1) is 0 Å². The molecule has 0 bridgehead atoms. The van der Waals surface area contributed by atoms with Crippen molar-refractivity contribution in [2.75, 3.05) is 36.9 Å². The fourth-order valence-corrected chi connectivity index (χ4v) is 4.13. The number of likely N-dealkylation sites (tertiary alicyclic amines) is 1. The van der Waals surface area contributed by atoms with Gasteiger partial charge in [0.1, 0.15) is 0 Å². The summed E-state index contributed by atoms with van der Waals surface area (Å²) in [5.74, 6) is 0.947. The summed E-state index contributed by atoms with van der Waals surface area (Å²) < 4.78 is 0. The molecule has 2 aromatic carbocycles. The second-order valence-electron chi connectivity index (χ2n) is 7.46. The minimum absolute atomic E-state index is 0.242. The van der Waals surface area contributed by atoms with Crippen molar-refractivity contribution in [2.24, 2.45) is 5.92 Å². The van der Waals surface area contributed by atoms with E-state index in [0.717, 1.165) is 49.7 Å². The maximum absolute atomic E-state index is 12.6. The van der Waals surface area contributed by atoms with Crippen molar-refractivity contribution in [3.05, 3.63) is 59.7 Å². The first-order valence-corrected chi connectivity index (χ1v) is 9.69. The molecular formula is C22H27N3O. The lowest BCUT2D eigenvalue weighted by molar-refractivity contribution is 0.0946. The van der Waals surface area contributed by atoms with Crippen LogP contribution in [-0.4, -0.2) is 37.0 Å². The van der Waals surface area contributed by atoms with Gasteiger partial charge in [-0.3, -0.25) is 4.79 Å². The van der Waals surface area contributed by atoms with E-state index in [2.05, 4.69) is 45.9 Å². The van der Waals surface area contributed by atoms with Crippen LogP contribution in [0.5, 0.6) is 0 Å². The lowest BCUT2D eigenvalue weighted by Gasteiger charge is -2.32. The number of anilines is 2. The summed E-state index contributed by atoms with van der Waals surface area (Å²) in [6.07, 6.45) is 4.28. The molecule has 26 heavy (non-hydrogen) atoms. The summed E-state index contributed by atoms with van der Waals surface area (Å²) in [6, 6.07) is 16.7. The van der Waals surface area contributed by atoms with E-state index in [-0.39, 0.29) is 5.78 Å². The molecule has 0 radical (unpaired) electrons. The lowest BCUT2D eigenvalue weighted by Crippen LogP contribution is -2.37. The van der Waals surface area contributed by atoms with Crippen molar-refractivity contribution in [3.63, 3.8) is 0 Å². The van der Waals surface area contributed by atoms with Gasteiger partial charge in [0.25, 0.3) is 0 Å². The number of carbonyl (C=O) groups is 1. The third-order valence-corrected chi connectivity index (χ3v) is 5.52. The molecule has 4 rings (SSSR count). The minimum atomic E-state index is 0.242. The van der Waals surface area contributed by atoms with Crippen LogP contribution in [0.15, 0.2) is 48.5 Å². The Morgan fingerprint density at radius 2 is 1.92 bits per heavy atom. The zero-order valence-corrected chi connectivity index (χ0v) is 15.2. The normalized spacial score (nSPS) is 19.5. The fraction of sp³-hybridized carbons (Fsp3) is 0.409. The van der Waals surface area contributed by atoms with E-state index in [1.54, 1.807) is 0 Å². The summed E-state index contributed by atoms with van der Waals surface area (Å²) in [5.41, 5.74) is 4.37. The van der Waals surface area contributed by atoms with Gasteiger partial charge in [-0.05, 0) is 55.5 Å². The van der Waals surface area contributed by atoms with Crippen LogP contribution in [-0.2, 0) is 6.42 Å².